The topological polar surface area (TPSA) is 58.2 Å². The second-order valence-electron chi connectivity index (χ2n) is 5.37. The highest BCUT2D eigenvalue weighted by Gasteiger charge is 2.08. The maximum atomic E-state index is 13.4. The first kappa shape index (κ1) is 17.6. The molecule has 0 aliphatic rings. The van der Waals surface area contributed by atoms with E-state index < -0.39 is 11.7 Å². The van der Waals surface area contributed by atoms with Gasteiger partial charge in [-0.1, -0.05) is 18.2 Å². The van der Waals surface area contributed by atoms with E-state index in [2.05, 4.69) is 10.6 Å². The number of nitrogens with one attached hydrogen (secondary N) is 2. The standard InChI is InChI=1S/C18H18F2N2O2/c1-12-2-5-14(11-16(12)20)18(24)22-9-8-21-17(23)10-13-3-6-15(19)7-4-13/h2-7,11H,8-10H2,1H3,(H,21,23)(H,22,24). The Kier molecular flexibility index (Phi) is 6.01. The predicted molar refractivity (Wildman–Crippen MR) is 86.6 cm³/mol. The second-order valence-corrected chi connectivity index (χ2v) is 5.37. The van der Waals surface area contributed by atoms with Crippen molar-refractivity contribution >= 4 is 11.8 Å². The van der Waals surface area contributed by atoms with Crippen LogP contribution >= 0.6 is 0 Å². The Bertz CT molecular complexity index is 730. The smallest absolute Gasteiger partial charge is 0.251 e. The molecule has 0 fully saturated rings. The second kappa shape index (κ2) is 8.19. The molecule has 2 rings (SSSR count). The Balaban J connectivity index is 1.72. The fourth-order valence-electron chi connectivity index (χ4n) is 2.06. The van der Waals surface area contributed by atoms with E-state index in [0.717, 1.165) is 0 Å². The van der Waals surface area contributed by atoms with E-state index >= 15 is 0 Å². The Morgan fingerprint density at radius 3 is 2.29 bits per heavy atom. The van der Waals surface area contributed by atoms with Gasteiger partial charge in [-0.05, 0) is 42.3 Å². The lowest BCUT2D eigenvalue weighted by Gasteiger charge is -2.08. The van der Waals surface area contributed by atoms with Crippen molar-refractivity contribution in [2.75, 3.05) is 13.1 Å². The van der Waals surface area contributed by atoms with Crippen LogP contribution in [0.1, 0.15) is 21.5 Å². The molecule has 0 heterocycles. The molecule has 0 atom stereocenters. The number of hydrogen-bond acceptors (Lipinski definition) is 2. The van der Waals surface area contributed by atoms with Crippen molar-refractivity contribution in [2.24, 2.45) is 0 Å². The molecular weight excluding hydrogens is 314 g/mol. The van der Waals surface area contributed by atoms with Crippen molar-refractivity contribution in [3.63, 3.8) is 0 Å². The van der Waals surface area contributed by atoms with Gasteiger partial charge in [0.05, 0.1) is 6.42 Å². The van der Waals surface area contributed by atoms with Crippen LogP contribution in [0.5, 0.6) is 0 Å². The molecule has 0 aliphatic carbocycles. The summed E-state index contributed by atoms with van der Waals surface area (Å²) in [4.78, 5) is 23.6. The molecule has 0 unspecified atom stereocenters. The van der Waals surface area contributed by atoms with Crippen LogP contribution in [-0.2, 0) is 11.2 Å². The molecule has 0 saturated carbocycles. The minimum Gasteiger partial charge on any atom is -0.354 e. The Hall–Kier alpha value is -2.76. The maximum Gasteiger partial charge on any atom is 0.251 e. The molecule has 0 aromatic heterocycles. The highest BCUT2D eigenvalue weighted by Crippen LogP contribution is 2.08. The zero-order valence-electron chi connectivity index (χ0n) is 13.2. The van der Waals surface area contributed by atoms with Crippen LogP contribution in [0.3, 0.4) is 0 Å². The highest BCUT2D eigenvalue weighted by molar-refractivity contribution is 5.94. The number of carbonyl (C=O) groups excluding carboxylic acids is 2. The van der Waals surface area contributed by atoms with Crippen molar-refractivity contribution < 1.29 is 18.4 Å². The average molecular weight is 332 g/mol. The monoisotopic (exact) mass is 332 g/mol. The first-order valence-electron chi connectivity index (χ1n) is 7.51. The van der Waals surface area contributed by atoms with Gasteiger partial charge in [-0.25, -0.2) is 8.78 Å². The first-order valence-corrected chi connectivity index (χ1v) is 7.51. The Labute approximate surface area is 138 Å². The summed E-state index contributed by atoms with van der Waals surface area (Å²) in [5.41, 5.74) is 1.41. The molecule has 2 aromatic rings. The van der Waals surface area contributed by atoms with Crippen molar-refractivity contribution in [1.29, 1.82) is 0 Å². The minimum atomic E-state index is -0.435. The molecule has 0 spiro atoms. The molecule has 0 bridgehead atoms. The van der Waals surface area contributed by atoms with Gasteiger partial charge in [0.25, 0.3) is 5.91 Å². The van der Waals surface area contributed by atoms with Gasteiger partial charge in [-0.3, -0.25) is 9.59 Å². The van der Waals surface area contributed by atoms with Crippen molar-refractivity contribution in [3.05, 3.63) is 70.8 Å². The average Bonchev–Trinajstić information content (AvgIpc) is 2.56. The Morgan fingerprint density at radius 1 is 0.958 bits per heavy atom. The van der Waals surface area contributed by atoms with Gasteiger partial charge in [-0.15, -0.1) is 0 Å². The first-order chi connectivity index (χ1) is 11.5. The zero-order valence-corrected chi connectivity index (χ0v) is 13.2. The van der Waals surface area contributed by atoms with Gasteiger partial charge in [0.2, 0.25) is 5.91 Å². The van der Waals surface area contributed by atoms with E-state index in [1.807, 2.05) is 0 Å². The molecular formula is C18H18F2N2O2. The lowest BCUT2D eigenvalue weighted by atomic mass is 10.1. The molecule has 0 aliphatic heterocycles. The molecule has 2 amide bonds. The number of halogens is 2. The van der Waals surface area contributed by atoms with Crippen LogP contribution in [0, 0.1) is 18.6 Å². The lowest BCUT2D eigenvalue weighted by molar-refractivity contribution is -0.120. The van der Waals surface area contributed by atoms with Crippen molar-refractivity contribution in [3.8, 4) is 0 Å². The van der Waals surface area contributed by atoms with Gasteiger partial charge in [0.15, 0.2) is 0 Å². The molecule has 24 heavy (non-hydrogen) atoms. The van der Waals surface area contributed by atoms with Crippen LogP contribution in [0.4, 0.5) is 8.78 Å². The van der Waals surface area contributed by atoms with Crippen molar-refractivity contribution in [1.82, 2.24) is 10.6 Å². The highest BCUT2D eigenvalue weighted by atomic mass is 19.1. The summed E-state index contributed by atoms with van der Waals surface area (Å²) in [6.07, 6.45) is 0.136. The van der Waals surface area contributed by atoms with Gasteiger partial charge < -0.3 is 10.6 Å². The SMILES string of the molecule is Cc1ccc(C(=O)NCCNC(=O)Cc2ccc(F)cc2)cc1F. The largest absolute Gasteiger partial charge is 0.354 e. The summed E-state index contributed by atoms with van der Waals surface area (Å²) in [5, 5.41) is 5.25. The summed E-state index contributed by atoms with van der Waals surface area (Å²) in [6.45, 7) is 2.09. The van der Waals surface area contributed by atoms with Crippen LogP contribution in [0.25, 0.3) is 0 Å². The molecule has 2 N–H and O–H groups in total. The van der Waals surface area contributed by atoms with Gasteiger partial charge >= 0.3 is 0 Å². The fraction of sp³-hybridized carbons (Fsp3) is 0.222. The summed E-state index contributed by atoms with van der Waals surface area (Å²) < 4.78 is 26.2. The third-order valence-electron chi connectivity index (χ3n) is 3.44. The fourth-order valence-corrected chi connectivity index (χ4v) is 2.06. The van der Waals surface area contributed by atoms with Gasteiger partial charge in [-0.2, -0.15) is 0 Å². The van der Waals surface area contributed by atoms with Gasteiger partial charge in [0, 0.05) is 18.7 Å². The van der Waals surface area contributed by atoms with Gasteiger partial charge in [0.1, 0.15) is 11.6 Å². The third kappa shape index (κ3) is 5.15. The maximum absolute atomic E-state index is 13.4. The molecule has 6 heteroatoms. The molecule has 2 aromatic carbocycles. The van der Waals surface area contributed by atoms with E-state index in [0.29, 0.717) is 11.1 Å². The molecule has 0 saturated heterocycles. The molecule has 4 nitrogen and oxygen atoms in total. The molecule has 126 valence electrons. The summed E-state index contributed by atoms with van der Waals surface area (Å²) in [7, 11) is 0. The van der Waals surface area contributed by atoms with E-state index in [-0.39, 0.29) is 36.8 Å². The minimum absolute atomic E-state index is 0.136. The van der Waals surface area contributed by atoms with Crippen molar-refractivity contribution in [2.45, 2.75) is 13.3 Å². The van der Waals surface area contributed by atoms with Crippen LogP contribution < -0.4 is 10.6 Å². The summed E-state index contributed by atoms with van der Waals surface area (Å²) in [6, 6.07) is 9.94. The summed E-state index contributed by atoms with van der Waals surface area (Å²) >= 11 is 0. The van der Waals surface area contributed by atoms with E-state index in [4.69, 9.17) is 0 Å². The zero-order chi connectivity index (χ0) is 17.5. The number of rotatable bonds is 6. The van der Waals surface area contributed by atoms with Crippen LogP contribution in [-0.4, -0.2) is 24.9 Å². The van der Waals surface area contributed by atoms with E-state index in [1.165, 1.54) is 24.3 Å². The quantitative estimate of drug-likeness (QED) is 0.798. The van der Waals surface area contributed by atoms with E-state index in [1.54, 1.807) is 25.1 Å². The number of carbonyl (C=O) groups is 2. The molecule has 0 radical (unpaired) electrons. The predicted octanol–water partition coefficient (Wildman–Crippen LogP) is 2.36. The number of benzene rings is 2. The Morgan fingerprint density at radius 2 is 1.62 bits per heavy atom. The normalized spacial score (nSPS) is 10.3. The lowest BCUT2D eigenvalue weighted by Crippen LogP contribution is -2.35. The van der Waals surface area contributed by atoms with Crippen LogP contribution in [0.2, 0.25) is 0 Å². The third-order valence-corrected chi connectivity index (χ3v) is 3.44. The summed E-state index contributed by atoms with van der Waals surface area (Å²) in [5.74, 6) is -1.41. The number of hydrogen-bond donors (Lipinski definition) is 2. The number of amides is 2. The van der Waals surface area contributed by atoms with Crippen LogP contribution in [0.15, 0.2) is 42.5 Å². The van der Waals surface area contributed by atoms with E-state index in [9.17, 15) is 18.4 Å². The number of aryl methyl sites for hydroxylation is 1.